The smallest absolute Gasteiger partial charge is 0.294 e. The Hall–Kier alpha value is -1.24. The predicted octanol–water partition coefficient (Wildman–Crippen LogP) is 5.07. The number of thiol groups is 1. The van der Waals surface area contributed by atoms with Gasteiger partial charge in [-0.2, -0.15) is 0 Å². The Morgan fingerprint density at radius 2 is 2.05 bits per heavy atom. The largest absolute Gasteiger partial charge is 0.337 e. The molecule has 0 aliphatic carbocycles. The topological polar surface area (TPSA) is 46.4 Å². The molecule has 0 bridgehead atoms. The van der Waals surface area contributed by atoms with Gasteiger partial charge in [0.05, 0.1) is 10.6 Å². The van der Waals surface area contributed by atoms with Gasteiger partial charge in [0.2, 0.25) is 0 Å². The zero-order chi connectivity index (χ0) is 14.9. The number of hydrogen-bond donors (Lipinski definition) is 1. The summed E-state index contributed by atoms with van der Waals surface area (Å²) in [7, 11) is 1.73. The summed E-state index contributed by atoms with van der Waals surface area (Å²) in [5.74, 6) is 0. The minimum absolute atomic E-state index is 0.00887. The van der Waals surface area contributed by atoms with Gasteiger partial charge in [-0.05, 0) is 40.2 Å². The highest BCUT2D eigenvalue weighted by Gasteiger charge is 2.22. The van der Waals surface area contributed by atoms with Crippen molar-refractivity contribution in [3.63, 3.8) is 0 Å². The van der Waals surface area contributed by atoms with Crippen molar-refractivity contribution >= 4 is 57.2 Å². The first-order chi connectivity index (χ1) is 9.41. The molecule has 20 heavy (non-hydrogen) atoms. The van der Waals surface area contributed by atoms with E-state index in [1.807, 2.05) is 0 Å². The second-order valence-corrected chi connectivity index (χ2v) is 5.83. The van der Waals surface area contributed by atoms with E-state index in [4.69, 9.17) is 11.6 Å². The molecule has 0 saturated heterocycles. The van der Waals surface area contributed by atoms with E-state index < -0.39 is 4.92 Å². The van der Waals surface area contributed by atoms with Gasteiger partial charge in [0, 0.05) is 27.5 Å². The summed E-state index contributed by atoms with van der Waals surface area (Å²) in [6.07, 6.45) is 0. The van der Waals surface area contributed by atoms with E-state index >= 15 is 0 Å². The van der Waals surface area contributed by atoms with Crippen LogP contribution in [0.1, 0.15) is 0 Å². The lowest BCUT2D eigenvalue weighted by Gasteiger charge is -2.22. The number of anilines is 2. The van der Waals surface area contributed by atoms with E-state index in [-0.39, 0.29) is 5.69 Å². The van der Waals surface area contributed by atoms with Crippen molar-refractivity contribution in [2.75, 3.05) is 11.9 Å². The second-order valence-electron chi connectivity index (χ2n) is 4.06. The van der Waals surface area contributed by atoms with Gasteiger partial charge in [-0.3, -0.25) is 10.1 Å². The first-order valence-corrected chi connectivity index (χ1v) is 7.18. The molecule has 2 aromatic carbocycles. The van der Waals surface area contributed by atoms with Crippen LogP contribution in [0.2, 0.25) is 5.02 Å². The van der Waals surface area contributed by atoms with Crippen molar-refractivity contribution in [1.82, 2.24) is 0 Å². The molecule has 0 fully saturated rings. The molecule has 0 amide bonds. The second kappa shape index (κ2) is 6.03. The van der Waals surface area contributed by atoms with Crippen LogP contribution in [-0.4, -0.2) is 12.0 Å². The van der Waals surface area contributed by atoms with Crippen LogP contribution in [0.3, 0.4) is 0 Å². The third-order valence-electron chi connectivity index (χ3n) is 2.80. The molecule has 0 atom stereocenters. The number of rotatable bonds is 3. The summed E-state index contributed by atoms with van der Waals surface area (Å²) in [6.45, 7) is 0. The molecule has 0 unspecified atom stereocenters. The molecular weight excluding hydrogens is 364 g/mol. The van der Waals surface area contributed by atoms with Gasteiger partial charge in [0.1, 0.15) is 5.69 Å². The molecule has 4 nitrogen and oxygen atoms in total. The summed E-state index contributed by atoms with van der Waals surface area (Å²) >= 11 is 13.7. The monoisotopic (exact) mass is 372 g/mol. The summed E-state index contributed by atoms with van der Waals surface area (Å²) in [4.78, 5) is 13.1. The van der Waals surface area contributed by atoms with E-state index in [0.29, 0.717) is 25.8 Å². The average molecular weight is 374 g/mol. The van der Waals surface area contributed by atoms with Crippen LogP contribution >= 0.6 is 40.2 Å². The molecule has 0 radical (unpaired) electrons. The molecule has 0 aliphatic rings. The van der Waals surface area contributed by atoms with Crippen LogP contribution in [0, 0.1) is 10.1 Å². The van der Waals surface area contributed by atoms with Gasteiger partial charge in [-0.1, -0.05) is 17.7 Å². The highest BCUT2D eigenvalue weighted by atomic mass is 79.9. The molecule has 0 heterocycles. The Morgan fingerprint density at radius 1 is 1.35 bits per heavy atom. The maximum Gasteiger partial charge on any atom is 0.294 e. The zero-order valence-corrected chi connectivity index (χ0v) is 13.6. The Bertz CT molecular complexity index is 681. The van der Waals surface area contributed by atoms with Gasteiger partial charge in [-0.15, -0.1) is 12.6 Å². The summed E-state index contributed by atoms with van der Waals surface area (Å²) in [5, 5.41) is 11.7. The molecule has 2 rings (SSSR count). The maximum absolute atomic E-state index is 11.2. The number of nitro groups is 1. The van der Waals surface area contributed by atoms with Crippen LogP contribution in [0.25, 0.3) is 0 Å². The Kier molecular flexibility index (Phi) is 4.57. The third kappa shape index (κ3) is 2.92. The molecule has 0 aliphatic heterocycles. The van der Waals surface area contributed by atoms with Crippen molar-refractivity contribution in [2.45, 2.75) is 4.90 Å². The molecule has 0 aromatic heterocycles. The fourth-order valence-electron chi connectivity index (χ4n) is 1.87. The van der Waals surface area contributed by atoms with Gasteiger partial charge in [0.25, 0.3) is 5.69 Å². The molecule has 7 heteroatoms. The van der Waals surface area contributed by atoms with E-state index in [2.05, 4.69) is 28.6 Å². The Labute approximate surface area is 135 Å². The number of benzene rings is 2. The van der Waals surface area contributed by atoms with Crippen molar-refractivity contribution in [3.05, 3.63) is 56.0 Å². The van der Waals surface area contributed by atoms with Crippen LogP contribution in [0.15, 0.2) is 45.8 Å². The predicted molar refractivity (Wildman–Crippen MR) is 87.6 cm³/mol. The number of nitrogens with zero attached hydrogens (tertiary/aromatic N) is 2. The molecule has 0 spiro atoms. The molecular formula is C13H10BrClN2O2S. The number of hydrogen-bond acceptors (Lipinski definition) is 4. The van der Waals surface area contributed by atoms with Gasteiger partial charge in [0.15, 0.2) is 0 Å². The normalized spacial score (nSPS) is 10.4. The van der Waals surface area contributed by atoms with Gasteiger partial charge < -0.3 is 4.90 Å². The molecule has 2 aromatic rings. The lowest BCUT2D eigenvalue weighted by atomic mass is 10.2. The molecule has 104 valence electrons. The van der Waals surface area contributed by atoms with E-state index in [1.165, 1.54) is 6.07 Å². The third-order valence-corrected chi connectivity index (χ3v) is 4.05. The van der Waals surface area contributed by atoms with E-state index in [1.54, 1.807) is 42.3 Å². The van der Waals surface area contributed by atoms with E-state index in [9.17, 15) is 10.1 Å². The van der Waals surface area contributed by atoms with E-state index in [0.717, 1.165) is 0 Å². The minimum Gasteiger partial charge on any atom is -0.337 e. The molecule has 0 saturated carbocycles. The van der Waals surface area contributed by atoms with Gasteiger partial charge in [-0.25, -0.2) is 0 Å². The average Bonchev–Trinajstić information content (AvgIpc) is 2.40. The fraction of sp³-hybridized carbons (Fsp3) is 0.0769. The van der Waals surface area contributed by atoms with Crippen molar-refractivity contribution < 1.29 is 4.92 Å². The highest BCUT2D eigenvalue weighted by molar-refractivity contribution is 9.10. The lowest BCUT2D eigenvalue weighted by molar-refractivity contribution is -0.384. The summed E-state index contributed by atoms with van der Waals surface area (Å²) < 4.78 is 0.627. The fourth-order valence-corrected chi connectivity index (χ4v) is 2.95. The lowest BCUT2D eigenvalue weighted by Crippen LogP contribution is -2.13. The highest BCUT2D eigenvalue weighted by Crippen LogP contribution is 2.40. The van der Waals surface area contributed by atoms with Crippen LogP contribution < -0.4 is 4.90 Å². The zero-order valence-electron chi connectivity index (χ0n) is 10.4. The number of halogens is 2. The standard InChI is InChI=1S/C13H10BrClN2O2S/c1-16(11-7-8(15)5-6-12(11)20)13-9(14)3-2-4-10(13)17(18)19/h2-7,20H,1H3. The Balaban J connectivity index is 2.61. The quantitative estimate of drug-likeness (QED) is 0.464. The van der Waals surface area contributed by atoms with Crippen LogP contribution in [0.4, 0.5) is 17.1 Å². The van der Waals surface area contributed by atoms with Crippen molar-refractivity contribution in [3.8, 4) is 0 Å². The SMILES string of the molecule is CN(c1cc(Cl)ccc1S)c1c(Br)cccc1[N+](=O)[O-]. The maximum atomic E-state index is 11.2. The van der Waals surface area contributed by atoms with Gasteiger partial charge >= 0.3 is 0 Å². The number of para-hydroxylation sites is 1. The summed E-state index contributed by atoms with van der Waals surface area (Å²) in [5.41, 5.74) is 1.15. The minimum atomic E-state index is -0.417. The van der Waals surface area contributed by atoms with Crippen LogP contribution in [0.5, 0.6) is 0 Å². The molecule has 0 N–H and O–H groups in total. The Morgan fingerprint density at radius 3 is 2.70 bits per heavy atom. The number of nitro benzene ring substituents is 1. The van der Waals surface area contributed by atoms with Crippen molar-refractivity contribution in [1.29, 1.82) is 0 Å². The van der Waals surface area contributed by atoms with Crippen LogP contribution in [-0.2, 0) is 0 Å². The first-order valence-electron chi connectivity index (χ1n) is 5.57. The summed E-state index contributed by atoms with van der Waals surface area (Å²) in [6, 6.07) is 10.0. The first kappa shape index (κ1) is 15.2. The van der Waals surface area contributed by atoms with Crippen molar-refractivity contribution in [2.24, 2.45) is 0 Å².